The number of nitrogens with one attached hydrogen (secondary N) is 1. The number of halogens is 1. The molecule has 0 bridgehead atoms. The van der Waals surface area contributed by atoms with Crippen LogP contribution in [0.2, 0.25) is 0 Å². The van der Waals surface area contributed by atoms with Crippen molar-refractivity contribution in [1.29, 1.82) is 0 Å². The fourth-order valence-corrected chi connectivity index (χ4v) is 2.47. The molecule has 0 aromatic heterocycles. The van der Waals surface area contributed by atoms with E-state index in [1.54, 1.807) is 11.8 Å². The maximum atomic E-state index is 11.8. The van der Waals surface area contributed by atoms with Gasteiger partial charge in [-0.1, -0.05) is 58.9 Å². The van der Waals surface area contributed by atoms with E-state index < -0.39 is 0 Å². The van der Waals surface area contributed by atoms with Crippen LogP contribution in [0, 0.1) is 0 Å². The molecule has 126 valence electrons. The zero-order valence-electron chi connectivity index (χ0n) is 14.2. The average molecular weight is 345 g/mol. The van der Waals surface area contributed by atoms with Crippen molar-refractivity contribution in [2.75, 3.05) is 12.3 Å². The van der Waals surface area contributed by atoms with Gasteiger partial charge in [-0.15, -0.1) is 24.2 Å². The molecule has 1 amide bonds. The van der Waals surface area contributed by atoms with Crippen LogP contribution < -0.4 is 11.1 Å². The van der Waals surface area contributed by atoms with Crippen molar-refractivity contribution < 1.29 is 4.79 Å². The monoisotopic (exact) mass is 344 g/mol. The number of hydrogen-bond donors (Lipinski definition) is 2. The number of rotatable bonds is 6. The van der Waals surface area contributed by atoms with Crippen molar-refractivity contribution in [1.82, 2.24) is 5.32 Å². The van der Waals surface area contributed by atoms with Gasteiger partial charge in [0, 0.05) is 17.3 Å². The predicted octanol–water partition coefficient (Wildman–Crippen LogP) is 3.88. The molecule has 0 spiro atoms. The molecule has 1 rings (SSSR count). The first-order valence-corrected chi connectivity index (χ1v) is 8.43. The minimum atomic E-state index is -0.158. The van der Waals surface area contributed by atoms with Gasteiger partial charge in [-0.05, 0) is 17.0 Å². The summed E-state index contributed by atoms with van der Waals surface area (Å²) in [4.78, 5) is 11.8. The van der Waals surface area contributed by atoms with Crippen LogP contribution in [-0.4, -0.2) is 23.0 Å². The van der Waals surface area contributed by atoms with Gasteiger partial charge in [-0.25, -0.2) is 0 Å². The molecular weight excluding hydrogens is 316 g/mol. The first-order valence-electron chi connectivity index (χ1n) is 7.45. The third-order valence-electron chi connectivity index (χ3n) is 3.19. The van der Waals surface area contributed by atoms with Crippen molar-refractivity contribution in [2.24, 2.45) is 5.73 Å². The Morgan fingerprint density at radius 3 is 2.14 bits per heavy atom. The van der Waals surface area contributed by atoms with Crippen LogP contribution >= 0.6 is 24.2 Å². The molecule has 0 saturated heterocycles. The van der Waals surface area contributed by atoms with Gasteiger partial charge in [-0.2, -0.15) is 0 Å². The molecule has 3 N–H and O–H groups in total. The van der Waals surface area contributed by atoms with E-state index in [1.807, 2.05) is 0 Å². The van der Waals surface area contributed by atoms with E-state index in [4.69, 9.17) is 5.73 Å². The Labute approximate surface area is 145 Å². The summed E-state index contributed by atoms with van der Waals surface area (Å²) >= 11 is 1.64. The number of benzene rings is 1. The summed E-state index contributed by atoms with van der Waals surface area (Å²) < 4.78 is 0.103. The van der Waals surface area contributed by atoms with Crippen molar-refractivity contribution in [3.63, 3.8) is 0 Å². The Hall–Kier alpha value is -0.710. The van der Waals surface area contributed by atoms with E-state index in [1.165, 1.54) is 5.56 Å². The molecule has 0 aliphatic rings. The molecule has 0 aliphatic heterocycles. The van der Waals surface area contributed by atoms with Crippen LogP contribution in [0.15, 0.2) is 24.3 Å². The quantitative estimate of drug-likeness (QED) is 0.823. The van der Waals surface area contributed by atoms with E-state index in [9.17, 15) is 4.79 Å². The fraction of sp³-hybridized carbons (Fsp3) is 0.588. The van der Waals surface area contributed by atoms with E-state index in [2.05, 4.69) is 64.2 Å². The maximum Gasteiger partial charge on any atom is 0.230 e. The highest BCUT2D eigenvalue weighted by Gasteiger charge is 2.14. The van der Waals surface area contributed by atoms with Crippen molar-refractivity contribution >= 4 is 30.1 Å². The molecule has 0 fully saturated rings. The second-order valence-corrected chi connectivity index (χ2v) is 8.44. The molecule has 1 aromatic carbocycles. The molecule has 0 heterocycles. The van der Waals surface area contributed by atoms with E-state index in [-0.39, 0.29) is 29.1 Å². The number of nitrogens with two attached hydrogens (primary N) is 1. The summed E-state index contributed by atoms with van der Waals surface area (Å²) in [6, 6.07) is 8.16. The predicted molar refractivity (Wildman–Crippen MR) is 99.9 cm³/mol. The zero-order valence-corrected chi connectivity index (χ0v) is 15.8. The highest BCUT2D eigenvalue weighted by atomic mass is 35.5. The SMILES string of the molecule is CC(C)c1ccc(C(N)CNC(=O)CSC(C)(C)C)cc1.Cl. The highest BCUT2D eigenvalue weighted by molar-refractivity contribution is 8.01. The lowest BCUT2D eigenvalue weighted by molar-refractivity contribution is -0.118. The number of thioether (sulfide) groups is 1. The topological polar surface area (TPSA) is 55.1 Å². The van der Waals surface area contributed by atoms with Crippen LogP contribution in [0.1, 0.15) is 57.7 Å². The van der Waals surface area contributed by atoms with Gasteiger partial charge in [-0.3, -0.25) is 4.79 Å². The molecular formula is C17H29ClN2OS. The van der Waals surface area contributed by atoms with Gasteiger partial charge < -0.3 is 11.1 Å². The summed E-state index contributed by atoms with van der Waals surface area (Å²) in [6.07, 6.45) is 0. The number of hydrogen-bond acceptors (Lipinski definition) is 3. The second-order valence-electron chi connectivity index (χ2n) is 6.63. The first-order chi connectivity index (χ1) is 9.69. The van der Waals surface area contributed by atoms with Crippen molar-refractivity contribution in [3.05, 3.63) is 35.4 Å². The van der Waals surface area contributed by atoms with Gasteiger partial charge in [0.2, 0.25) is 5.91 Å². The second kappa shape index (κ2) is 9.43. The Morgan fingerprint density at radius 2 is 1.68 bits per heavy atom. The van der Waals surface area contributed by atoms with Crippen LogP contribution in [0.3, 0.4) is 0 Å². The first kappa shape index (κ1) is 21.3. The molecule has 1 atom stereocenters. The standard InChI is InChI=1S/C17H28N2OS.ClH/c1-12(2)13-6-8-14(9-7-13)15(18)10-19-16(20)11-21-17(3,4)5;/h6-9,12,15H,10-11,18H2,1-5H3,(H,19,20);1H. The molecule has 22 heavy (non-hydrogen) atoms. The average Bonchev–Trinajstić information content (AvgIpc) is 2.41. The van der Waals surface area contributed by atoms with Gasteiger partial charge >= 0.3 is 0 Å². The van der Waals surface area contributed by atoms with Crippen molar-refractivity contribution in [2.45, 2.75) is 51.3 Å². The minimum absolute atomic E-state index is 0. The highest BCUT2D eigenvalue weighted by Crippen LogP contribution is 2.22. The zero-order chi connectivity index (χ0) is 16.0. The van der Waals surface area contributed by atoms with E-state index >= 15 is 0 Å². The summed E-state index contributed by atoms with van der Waals surface area (Å²) in [5, 5.41) is 2.91. The summed E-state index contributed by atoms with van der Waals surface area (Å²) in [6.45, 7) is 11.1. The minimum Gasteiger partial charge on any atom is -0.353 e. The summed E-state index contributed by atoms with van der Waals surface area (Å²) in [5.74, 6) is 1.04. The Morgan fingerprint density at radius 1 is 1.18 bits per heavy atom. The third-order valence-corrected chi connectivity index (χ3v) is 4.46. The number of amides is 1. The van der Waals surface area contributed by atoms with Crippen LogP contribution in [-0.2, 0) is 4.79 Å². The Balaban J connectivity index is 0.00000441. The van der Waals surface area contributed by atoms with E-state index in [0.29, 0.717) is 18.2 Å². The maximum absolute atomic E-state index is 11.8. The van der Waals surface area contributed by atoms with Gasteiger partial charge in [0.15, 0.2) is 0 Å². The lowest BCUT2D eigenvalue weighted by atomic mass is 9.99. The molecule has 1 unspecified atom stereocenters. The molecule has 0 aliphatic carbocycles. The van der Waals surface area contributed by atoms with Crippen LogP contribution in [0.5, 0.6) is 0 Å². The van der Waals surface area contributed by atoms with Gasteiger partial charge in [0.05, 0.1) is 5.75 Å². The summed E-state index contributed by atoms with van der Waals surface area (Å²) in [5.41, 5.74) is 8.49. The van der Waals surface area contributed by atoms with Crippen LogP contribution in [0.25, 0.3) is 0 Å². The fourth-order valence-electron chi connectivity index (χ4n) is 1.80. The Kier molecular flexibility index (Phi) is 9.13. The molecule has 1 aromatic rings. The van der Waals surface area contributed by atoms with E-state index in [0.717, 1.165) is 5.56 Å². The number of carbonyl (C=O) groups is 1. The molecule has 5 heteroatoms. The molecule has 3 nitrogen and oxygen atoms in total. The normalized spacial score (nSPS) is 12.7. The largest absolute Gasteiger partial charge is 0.353 e. The number of carbonyl (C=O) groups excluding carboxylic acids is 1. The lowest BCUT2D eigenvalue weighted by Gasteiger charge is -2.18. The Bertz CT molecular complexity index is 455. The molecule has 0 radical (unpaired) electrons. The van der Waals surface area contributed by atoms with Gasteiger partial charge in [0.1, 0.15) is 0 Å². The lowest BCUT2D eigenvalue weighted by Crippen LogP contribution is -2.33. The smallest absolute Gasteiger partial charge is 0.230 e. The van der Waals surface area contributed by atoms with Gasteiger partial charge in [0.25, 0.3) is 0 Å². The van der Waals surface area contributed by atoms with Crippen LogP contribution in [0.4, 0.5) is 0 Å². The molecule has 0 saturated carbocycles. The third kappa shape index (κ3) is 8.06. The summed E-state index contributed by atoms with van der Waals surface area (Å²) in [7, 11) is 0. The van der Waals surface area contributed by atoms with Crippen molar-refractivity contribution in [3.8, 4) is 0 Å².